The molecule has 0 bridgehead atoms. The molecule has 6 heteroatoms. The number of alkyl halides is 2. The molecule has 108 valence electrons. The Morgan fingerprint density at radius 2 is 2.11 bits per heavy atom. The van der Waals surface area contributed by atoms with Crippen LogP contribution < -0.4 is 5.32 Å². The number of rotatable bonds is 4. The lowest BCUT2D eigenvalue weighted by Crippen LogP contribution is -2.52. The van der Waals surface area contributed by atoms with Gasteiger partial charge in [0.15, 0.2) is 0 Å². The van der Waals surface area contributed by atoms with E-state index in [0.717, 1.165) is 19.4 Å². The Morgan fingerprint density at radius 1 is 1.37 bits per heavy atom. The third-order valence-corrected chi connectivity index (χ3v) is 4.06. The van der Waals surface area contributed by atoms with Crippen LogP contribution in [0.5, 0.6) is 0 Å². The van der Waals surface area contributed by atoms with Crippen molar-refractivity contribution in [2.75, 3.05) is 26.2 Å². The largest absolute Gasteiger partial charge is 0.366 e. The fourth-order valence-corrected chi connectivity index (χ4v) is 2.83. The van der Waals surface area contributed by atoms with E-state index in [1.54, 1.807) is 0 Å². The Hall–Kier alpha value is -0.750. The molecule has 0 radical (unpaired) electrons. The zero-order chi connectivity index (χ0) is 13.5. The molecule has 0 aromatic carbocycles. The van der Waals surface area contributed by atoms with Gasteiger partial charge in [0.05, 0.1) is 6.61 Å². The quantitative estimate of drug-likeness (QED) is 0.832. The Labute approximate surface area is 111 Å². The summed E-state index contributed by atoms with van der Waals surface area (Å²) >= 11 is 0. The van der Waals surface area contributed by atoms with E-state index < -0.39 is 12.0 Å². The van der Waals surface area contributed by atoms with Crippen molar-refractivity contribution >= 4 is 5.91 Å². The SMILES string of the molecule is O=C(NC1CC1)C1CN(CC2CC(F)(F)C2)CCO1. The average Bonchev–Trinajstić information content (AvgIpc) is 3.11. The maximum Gasteiger partial charge on any atom is 0.250 e. The highest BCUT2D eigenvalue weighted by Crippen LogP contribution is 2.42. The van der Waals surface area contributed by atoms with E-state index in [9.17, 15) is 13.6 Å². The van der Waals surface area contributed by atoms with Crippen molar-refractivity contribution in [2.45, 2.75) is 43.8 Å². The number of nitrogens with one attached hydrogen (secondary N) is 1. The van der Waals surface area contributed by atoms with Gasteiger partial charge in [0, 0.05) is 38.5 Å². The molecule has 3 fully saturated rings. The van der Waals surface area contributed by atoms with Crippen LogP contribution in [0.3, 0.4) is 0 Å². The van der Waals surface area contributed by atoms with Crippen LogP contribution in [0.1, 0.15) is 25.7 Å². The van der Waals surface area contributed by atoms with Gasteiger partial charge >= 0.3 is 0 Å². The van der Waals surface area contributed by atoms with E-state index in [0.29, 0.717) is 25.7 Å². The molecule has 1 unspecified atom stereocenters. The third kappa shape index (κ3) is 3.42. The smallest absolute Gasteiger partial charge is 0.250 e. The summed E-state index contributed by atoms with van der Waals surface area (Å²) < 4.78 is 31.1. The standard InChI is InChI=1S/C13H20F2N2O2/c14-13(15)5-9(6-13)7-17-3-4-19-11(8-17)12(18)16-10-1-2-10/h9-11H,1-8H2,(H,16,18). The van der Waals surface area contributed by atoms with Crippen LogP contribution in [0.2, 0.25) is 0 Å². The molecule has 1 atom stereocenters. The molecule has 0 spiro atoms. The molecule has 4 nitrogen and oxygen atoms in total. The fourth-order valence-electron chi connectivity index (χ4n) is 2.83. The van der Waals surface area contributed by atoms with Crippen molar-refractivity contribution < 1.29 is 18.3 Å². The van der Waals surface area contributed by atoms with Crippen molar-refractivity contribution in [1.29, 1.82) is 0 Å². The van der Waals surface area contributed by atoms with Gasteiger partial charge in [0.25, 0.3) is 5.91 Å². The Bertz CT molecular complexity index is 353. The van der Waals surface area contributed by atoms with Crippen molar-refractivity contribution in [3.63, 3.8) is 0 Å². The first-order valence-corrected chi connectivity index (χ1v) is 7.04. The molecule has 3 rings (SSSR count). The number of carbonyl (C=O) groups is 1. The molecule has 1 aliphatic heterocycles. The molecular weight excluding hydrogens is 254 g/mol. The zero-order valence-corrected chi connectivity index (χ0v) is 10.9. The van der Waals surface area contributed by atoms with Gasteiger partial charge in [0.1, 0.15) is 6.10 Å². The van der Waals surface area contributed by atoms with Crippen molar-refractivity contribution in [3.8, 4) is 0 Å². The number of carbonyl (C=O) groups excluding carboxylic acids is 1. The molecule has 19 heavy (non-hydrogen) atoms. The van der Waals surface area contributed by atoms with Crippen LogP contribution >= 0.6 is 0 Å². The van der Waals surface area contributed by atoms with Gasteiger partial charge in [-0.3, -0.25) is 9.69 Å². The zero-order valence-electron chi connectivity index (χ0n) is 10.9. The highest BCUT2D eigenvalue weighted by atomic mass is 19.3. The average molecular weight is 274 g/mol. The summed E-state index contributed by atoms with van der Waals surface area (Å²) in [5, 5.41) is 2.93. The lowest BCUT2D eigenvalue weighted by atomic mass is 9.81. The summed E-state index contributed by atoms with van der Waals surface area (Å²) in [7, 11) is 0. The second kappa shape index (κ2) is 4.98. The second-order valence-corrected chi connectivity index (χ2v) is 6.03. The summed E-state index contributed by atoms with van der Waals surface area (Å²) in [6.45, 7) is 2.42. The van der Waals surface area contributed by atoms with Crippen molar-refractivity contribution in [3.05, 3.63) is 0 Å². The predicted molar refractivity (Wildman–Crippen MR) is 65.0 cm³/mol. The van der Waals surface area contributed by atoms with E-state index in [2.05, 4.69) is 10.2 Å². The van der Waals surface area contributed by atoms with Gasteiger partial charge in [-0.25, -0.2) is 8.78 Å². The van der Waals surface area contributed by atoms with Crippen LogP contribution in [0.25, 0.3) is 0 Å². The Morgan fingerprint density at radius 3 is 2.74 bits per heavy atom. The number of ether oxygens (including phenoxy) is 1. The molecule has 1 amide bonds. The molecule has 0 aromatic rings. The lowest BCUT2D eigenvalue weighted by Gasteiger charge is -2.40. The first kappa shape index (κ1) is 13.2. The fraction of sp³-hybridized carbons (Fsp3) is 0.923. The third-order valence-electron chi connectivity index (χ3n) is 4.06. The highest BCUT2D eigenvalue weighted by molar-refractivity contribution is 5.81. The lowest BCUT2D eigenvalue weighted by molar-refractivity contribution is -0.143. The Kier molecular flexibility index (Phi) is 3.47. The molecule has 2 saturated carbocycles. The van der Waals surface area contributed by atoms with Gasteiger partial charge < -0.3 is 10.1 Å². The first-order chi connectivity index (χ1) is 9.02. The Balaban J connectivity index is 1.43. The van der Waals surface area contributed by atoms with E-state index in [1.165, 1.54) is 0 Å². The molecular formula is C13H20F2N2O2. The van der Waals surface area contributed by atoms with Crippen LogP contribution in [0.4, 0.5) is 8.78 Å². The molecule has 3 aliphatic rings. The molecule has 1 heterocycles. The molecule has 0 aromatic heterocycles. The van der Waals surface area contributed by atoms with Crippen LogP contribution in [-0.4, -0.2) is 55.1 Å². The molecule has 1 N–H and O–H groups in total. The van der Waals surface area contributed by atoms with E-state index in [4.69, 9.17) is 4.74 Å². The van der Waals surface area contributed by atoms with Crippen molar-refractivity contribution in [2.24, 2.45) is 5.92 Å². The minimum atomic E-state index is -2.46. The van der Waals surface area contributed by atoms with Gasteiger partial charge in [-0.1, -0.05) is 0 Å². The second-order valence-electron chi connectivity index (χ2n) is 6.03. The van der Waals surface area contributed by atoms with Crippen LogP contribution in [0, 0.1) is 5.92 Å². The minimum absolute atomic E-state index is 0.0106. The first-order valence-electron chi connectivity index (χ1n) is 7.04. The predicted octanol–water partition coefficient (Wildman–Crippen LogP) is 1.01. The number of halogens is 2. The summed E-state index contributed by atoms with van der Waals surface area (Å²) in [5.74, 6) is -2.44. The molecule has 1 saturated heterocycles. The van der Waals surface area contributed by atoms with Crippen LogP contribution in [-0.2, 0) is 9.53 Å². The number of amides is 1. The summed E-state index contributed by atoms with van der Waals surface area (Å²) in [6.07, 6.45) is 1.65. The number of nitrogens with zero attached hydrogens (tertiary/aromatic N) is 1. The van der Waals surface area contributed by atoms with Crippen molar-refractivity contribution in [1.82, 2.24) is 10.2 Å². The van der Waals surface area contributed by atoms with Gasteiger partial charge in [-0.15, -0.1) is 0 Å². The maximum absolute atomic E-state index is 12.8. The number of hydrogen-bond acceptors (Lipinski definition) is 3. The van der Waals surface area contributed by atoms with E-state index in [1.807, 2.05) is 0 Å². The monoisotopic (exact) mass is 274 g/mol. The van der Waals surface area contributed by atoms with Gasteiger partial charge in [-0.2, -0.15) is 0 Å². The number of morpholine rings is 1. The minimum Gasteiger partial charge on any atom is -0.366 e. The highest BCUT2D eigenvalue weighted by Gasteiger charge is 2.46. The normalized spacial score (nSPS) is 31.8. The van der Waals surface area contributed by atoms with E-state index in [-0.39, 0.29) is 24.7 Å². The van der Waals surface area contributed by atoms with Gasteiger partial charge in [0.2, 0.25) is 5.92 Å². The number of hydrogen-bond donors (Lipinski definition) is 1. The maximum atomic E-state index is 12.8. The molecule has 2 aliphatic carbocycles. The van der Waals surface area contributed by atoms with Gasteiger partial charge in [-0.05, 0) is 18.8 Å². The summed E-state index contributed by atoms with van der Waals surface area (Å²) in [6, 6.07) is 0.330. The van der Waals surface area contributed by atoms with E-state index >= 15 is 0 Å². The summed E-state index contributed by atoms with van der Waals surface area (Å²) in [5.41, 5.74) is 0. The van der Waals surface area contributed by atoms with Crippen LogP contribution in [0.15, 0.2) is 0 Å². The summed E-state index contributed by atoms with van der Waals surface area (Å²) in [4.78, 5) is 14.0. The topological polar surface area (TPSA) is 41.6 Å².